The maximum Gasteiger partial charge on any atom is 0.109 e. The van der Waals surface area contributed by atoms with Gasteiger partial charge in [-0.3, -0.25) is 4.98 Å². The van der Waals surface area contributed by atoms with Crippen LogP contribution in [0.25, 0.3) is 10.9 Å². The molecule has 1 unspecified atom stereocenters. The zero-order chi connectivity index (χ0) is 13.1. The average Bonchev–Trinajstić information content (AvgIpc) is 2.48. The van der Waals surface area contributed by atoms with Crippen LogP contribution in [-0.4, -0.2) is 34.6 Å². The summed E-state index contributed by atoms with van der Waals surface area (Å²) in [6, 6.07) is 12.0. The molecule has 0 bridgehead atoms. The first-order valence-corrected chi connectivity index (χ1v) is 7.09. The molecule has 2 aromatic rings. The van der Waals surface area contributed by atoms with Gasteiger partial charge in [0.15, 0.2) is 0 Å². The third-order valence-corrected chi connectivity index (χ3v) is 3.84. The van der Waals surface area contributed by atoms with E-state index in [1.807, 2.05) is 36.4 Å². The lowest BCUT2D eigenvalue weighted by molar-refractivity contribution is 0.0987. The minimum Gasteiger partial charge on any atom is -0.385 e. The van der Waals surface area contributed by atoms with E-state index in [2.05, 4.69) is 9.88 Å². The van der Waals surface area contributed by atoms with Gasteiger partial charge in [0.2, 0.25) is 0 Å². The Hall–Kier alpha value is -1.45. The van der Waals surface area contributed by atoms with Crippen molar-refractivity contribution in [1.29, 1.82) is 0 Å². The molecule has 1 aromatic carbocycles. The van der Waals surface area contributed by atoms with Crippen LogP contribution < -0.4 is 0 Å². The van der Waals surface area contributed by atoms with Crippen LogP contribution in [0.2, 0.25) is 0 Å². The number of nitrogens with zero attached hydrogens (tertiary/aromatic N) is 2. The van der Waals surface area contributed by atoms with Gasteiger partial charge in [-0.2, -0.15) is 0 Å². The minimum absolute atomic E-state index is 0.484. The molecule has 1 saturated heterocycles. The number of rotatable bonds is 3. The lowest BCUT2D eigenvalue weighted by atomic mass is 10.1. The summed E-state index contributed by atoms with van der Waals surface area (Å²) in [6.45, 7) is 2.90. The molecule has 3 rings (SSSR count). The number of aromatic nitrogens is 1. The molecule has 1 atom stereocenters. The van der Waals surface area contributed by atoms with E-state index in [9.17, 15) is 5.11 Å². The van der Waals surface area contributed by atoms with Crippen LogP contribution in [-0.2, 0) is 0 Å². The van der Waals surface area contributed by atoms with Gasteiger partial charge in [-0.1, -0.05) is 30.7 Å². The van der Waals surface area contributed by atoms with Crippen LogP contribution >= 0.6 is 0 Å². The van der Waals surface area contributed by atoms with Crippen LogP contribution in [0.15, 0.2) is 36.4 Å². The molecule has 3 heteroatoms. The molecule has 19 heavy (non-hydrogen) atoms. The highest BCUT2D eigenvalue weighted by Gasteiger charge is 2.16. The number of aliphatic hydroxyl groups excluding tert-OH is 1. The Morgan fingerprint density at radius 2 is 1.84 bits per heavy atom. The standard InChI is InChI=1S/C16H20N2O/c19-16(12-18-10-4-1-5-11-18)15-9-8-13-6-2-3-7-14(13)17-15/h2-3,6-9,16,19H,1,4-5,10-12H2. The van der Waals surface area contributed by atoms with Crippen LogP contribution in [0.5, 0.6) is 0 Å². The third-order valence-electron chi connectivity index (χ3n) is 3.84. The van der Waals surface area contributed by atoms with E-state index in [0.29, 0.717) is 6.54 Å². The Balaban J connectivity index is 1.75. The van der Waals surface area contributed by atoms with Crippen LogP contribution in [0, 0.1) is 0 Å². The van der Waals surface area contributed by atoms with Crippen molar-refractivity contribution < 1.29 is 5.11 Å². The highest BCUT2D eigenvalue weighted by Crippen LogP contribution is 2.19. The molecule has 100 valence electrons. The summed E-state index contributed by atoms with van der Waals surface area (Å²) < 4.78 is 0. The van der Waals surface area contributed by atoms with E-state index in [-0.39, 0.29) is 0 Å². The Labute approximate surface area is 113 Å². The molecule has 0 aliphatic carbocycles. The summed E-state index contributed by atoms with van der Waals surface area (Å²) in [5, 5.41) is 11.4. The van der Waals surface area contributed by atoms with E-state index in [4.69, 9.17) is 0 Å². The van der Waals surface area contributed by atoms with Crippen molar-refractivity contribution in [2.45, 2.75) is 25.4 Å². The van der Waals surface area contributed by atoms with Gasteiger partial charge in [0.05, 0.1) is 11.2 Å². The number of para-hydroxylation sites is 1. The lowest BCUT2D eigenvalue weighted by Gasteiger charge is -2.28. The van der Waals surface area contributed by atoms with Gasteiger partial charge < -0.3 is 10.0 Å². The molecule has 0 saturated carbocycles. The average molecular weight is 256 g/mol. The SMILES string of the molecule is OC(CN1CCCCC1)c1ccc2ccccc2n1. The topological polar surface area (TPSA) is 36.4 Å². The smallest absolute Gasteiger partial charge is 0.109 e. The van der Waals surface area contributed by atoms with Gasteiger partial charge in [-0.25, -0.2) is 0 Å². The van der Waals surface area contributed by atoms with Gasteiger partial charge in [-0.05, 0) is 38.1 Å². The quantitative estimate of drug-likeness (QED) is 0.917. The van der Waals surface area contributed by atoms with E-state index in [0.717, 1.165) is 29.7 Å². The number of aliphatic hydroxyl groups is 1. The van der Waals surface area contributed by atoms with Gasteiger partial charge in [0, 0.05) is 11.9 Å². The highest BCUT2D eigenvalue weighted by molar-refractivity contribution is 5.78. The number of pyridine rings is 1. The molecule has 2 heterocycles. The first-order valence-electron chi connectivity index (χ1n) is 7.09. The number of fused-ring (bicyclic) bond motifs is 1. The zero-order valence-electron chi connectivity index (χ0n) is 11.1. The molecule has 0 spiro atoms. The molecule has 1 aromatic heterocycles. The summed E-state index contributed by atoms with van der Waals surface area (Å²) in [6.07, 6.45) is 3.33. The molecule has 0 amide bonds. The Kier molecular flexibility index (Phi) is 3.76. The number of benzene rings is 1. The fraction of sp³-hybridized carbons (Fsp3) is 0.438. The molecular weight excluding hydrogens is 236 g/mol. The fourth-order valence-corrected chi connectivity index (χ4v) is 2.75. The zero-order valence-corrected chi connectivity index (χ0v) is 11.1. The number of hydrogen-bond acceptors (Lipinski definition) is 3. The monoisotopic (exact) mass is 256 g/mol. The number of likely N-dealkylation sites (tertiary alicyclic amines) is 1. The molecule has 1 N–H and O–H groups in total. The molecule has 1 aliphatic heterocycles. The Morgan fingerprint density at radius 3 is 2.68 bits per heavy atom. The van der Waals surface area contributed by atoms with Gasteiger partial charge >= 0.3 is 0 Å². The van der Waals surface area contributed by atoms with E-state index in [1.54, 1.807) is 0 Å². The molecule has 1 aliphatic rings. The molecule has 1 fully saturated rings. The van der Waals surface area contributed by atoms with Crippen molar-refractivity contribution in [3.8, 4) is 0 Å². The first-order chi connectivity index (χ1) is 9.33. The maximum absolute atomic E-state index is 10.3. The number of β-amino-alcohol motifs (C(OH)–C–C–N with tert-alkyl or cyclic N) is 1. The third kappa shape index (κ3) is 2.94. The summed E-state index contributed by atoms with van der Waals surface area (Å²) in [5.41, 5.74) is 1.74. The molecule has 0 radical (unpaired) electrons. The largest absolute Gasteiger partial charge is 0.385 e. The number of piperidine rings is 1. The summed E-state index contributed by atoms with van der Waals surface area (Å²) in [7, 11) is 0. The first kappa shape index (κ1) is 12.6. The number of hydrogen-bond donors (Lipinski definition) is 1. The van der Waals surface area contributed by atoms with Crippen molar-refractivity contribution in [2.75, 3.05) is 19.6 Å². The predicted molar refractivity (Wildman–Crippen MR) is 77.0 cm³/mol. The normalized spacial score (nSPS) is 18.6. The predicted octanol–water partition coefficient (Wildman–Crippen LogP) is 2.75. The minimum atomic E-state index is -0.484. The maximum atomic E-state index is 10.3. The second kappa shape index (κ2) is 5.68. The van der Waals surface area contributed by atoms with E-state index >= 15 is 0 Å². The molecular formula is C16H20N2O. The van der Waals surface area contributed by atoms with Crippen LogP contribution in [0.3, 0.4) is 0 Å². The fourth-order valence-electron chi connectivity index (χ4n) is 2.75. The second-order valence-corrected chi connectivity index (χ2v) is 5.31. The second-order valence-electron chi connectivity index (χ2n) is 5.31. The van der Waals surface area contributed by atoms with Crippen molar-refractivity contribution >= 4 is 10.9 Å². The Bertz CT molecular complexity index is 549. The van der Waals surface area contributed by atoms with Crippen LogP contribution in [0.4, 0.5) is 0 Å². The summed E-state index contributed by atoms with van der Waals surface area (Å²) in [4.78, 5) is 6.90. The summed E-state index contributed by atoms with van der Waals surface area (Å²) >= 11 is 0. The van der Waals surface area contributed by atoms with Crippen molar-refractivity contribution in [3.05, 3.63) is 42.1 Å². The van der Waals surface area contributed by atoms with Gasteiger partial charge in [-0.15, -0.1) is 0 Å². The van der Waals surface area contributed by atoms with Crippen molar-refractivity contribution in [1.82, 2.24) is 9.88 Å². The van der Waals surface area contributed by atoms with E-state index in [1.165, 1.54) is 19.3 Å². The molecule has 3 nitrogen and oxygen atoms in total. The highest BCUT2D eigenvalue weighted by atomic mass is 16.3. The van der Waals surface area contributed by atoms with E-state index < -0.39 is 6.10 Å². The van der Waals surface area contributed by atoms with Crippen molar-refractivity contribution in [3.63, 3.8) is 0 Å². The van der Waals surface area contributed by atoms with Gasteiger partial charge in [0.1, 0.15) is 6.10 Å². The van der Waals surface area contributed by atoms with Crippen LogP contribution in [0.1, 0.15) is 31.1 Å². The summed E-state index contributed by atoms with van der Waals surface area (Å²) in [5.74, 6) is 0. The van der Waals surface area contributed by atoms with Crippen molar-refractivity contribution in [2.24, 2.45) is 0 Å². The van der Waals surface area contributed by atoms with Gasteiger partial charge in [0.25, 0.3) is 0 Å². The lowest BCUT2D eigenvalue weighted by Crippen LogP contribution is -2.33. The Morgan fingerprint density at radius 1 is 1.05 bits per heavy atom.